The highest BCUT2D eigenvalue weighted by Gasteiger charge is 2.26. The number of para-hydroxylation sites is 1. The molecule has 0 unspecified atom stereocenters. The Morgan fingerprint density at radius 1 is 1.19 bits per heavy atom. The van der Waals surface area contributed by atoms with Crippen LogP contribution in [0.25, 0.3) is 11.0 Å². The second-order valence-corrected chi connectivity index (χ2v) is 7.86. The first-order valence-corrected chi connectivity index (χ1v) is 10.6. The maximum Gasteiger partial charge on any atom is 0.281 e. The number of halogens is 1. The molecular formula is C21H25ClN6O3. The van der Waals surface area contributed by atoms with Crippen LogP contribution in [0.15, 0.2) is 29.1 Å². The first-order valence-electron chi connectivity index (χ1n) is 10.2. The summed E-state index contributed by atoms with van der Waals surface area (Å²) >= 11 is 6.08. The molecule has 9 nitrogen and oxygen atoms in total. The quantitative estimate of drug-likeness (QED) is 0.597. The number of benzene rings is 1. The number of anilines is 1. The van der Waals surface area contributed by atoms with E-state index in [1.807, 2.05) is 26.0 Å². The zero-order valence-corrected chi connectivity index (χ0v) is 18.6. The molecule has 0 spiro atoms. The number of rotatable bonds is 5. The molecule has 1 saturated heterocycles. The largest absolute Gasteiger partial charge is 0.482 e. The van der Waals surface area contributed by atoms with Gasteiger partial charge >= 0.3 is 0 Å². The lowest BCUT2D eigenvalue weighted by Crippen LogP contribution is -2.51. The number of hydrogen-bond donors (Lipinski definition) is 0. The van der Waals surface area contributed by atoms with Crippen LogP contribution in [0.3, 0.4) is 0 Å². The Bertz CT molecular complexity index is 1180. The van der Waals surface area contributed by atoms with Gasteiger partial charge in [0.05, 0.1) is 10.7 Å². The minimum Gasteiger partial charge on any atom is -0.482 e. The lowest BCUT2D eigenvalue weighted by molar-refractivity contribution is -0.133. The Labute approximate surface area is 184 Å². The van der Waals surface area contributed by atoms with Crippen LogP contribution >= 0.6 is 11.6 Å². The molecule has 1 aliphatic heterocycles. The van der Waals surface area contributed by atoms with Gasteiger partial charge in [0.2, 0.25) is 5.95 Å². The molecule has 1 fully saturated rings. The first-order chi connectivity index (χ1) is 14.9. The molecule has 0 saturated carbocycles. The van der Waals surface area contributed by atoms with Crippen molar-refractivity contribution >= 4 is 34.5 Å². The second-order valence-electron chi connectivity index (χ2n) is 7.45. The number of piperazine rings is 1. The van der Waals surface area contributed by atoms with E-state index in [9.17, 15) is 9.59 Å². The summed E-state index contributed by atoms with van der Waals surface area (Å²) in [4.78, 5) is 34.2. The zero-order valence-electron chi connectivity index (χ0n) is 17.8. The second kappa shape index (κ2) is 8.58. The van der Waals surface area contributed by atoms with Crippen molar-refractivity contribution in [2.75, 3.05) is 37.7 Å². The minimum absolute atomic E-state index is 0.0670. The molecule has 0 bridgehead atoms. The van der Waals surface area contributed by atoms with E-state index in [2.05, 4.69) is 10.00 Å². The Hall–Kier alpha value is -3.07. The lowest BCUT2D eigenvalue weighted by Gasteiger charge is -2.36. The third-order valence-electron chi connectivity index (χ3n) is 5.51. The monoisotopic (exact) mass is 444 g/mol. The summed E-state index contributed by atoms with van der Waals surface area (Å²) in [5.41, 5.74) is 1.76. The van der Waals surface area contributed by atoms with E-state index in [4.69, 9.17) is 21.3 Å². The van der Waals surface area contributed by atoms with Crippen LogP contribution in [0.1, 0.15) is 12.6 Å². The predicted molar refractivity (Wildman–Crippen MR) is 119 cm³/mol. The Morgan fingerprint density at radius 2 is 1.90 bits per heavy atom. The molecule has 31 heavy (non-hydrogen) atoms. The van der Waals surface area contributed by atoms with Crippen molar-refractivity contribution in [1.82, 2.24) is 24.2 Å². The fourth-order valence-electron chi connectivity index (χ4n) is 3.87. The maximum absolute atomic E-state index is 13.0. The molecule has 2 aromatic heterocycles. The molecule has 1 amide bonds. The number of carbonyl (C=O) groups is 1. The smallest absolute Gasteiger partial charge is 0.281 e. The molecule has 3 aromatic rings. The fraction of sp³-hybridized carbons (Fsp3) is 0.429. The number of ether oxygens (including phenoxy) is 1. The molecule has 0 radical (unpaired) electrons. The number of fused-ring (bicyclic) bond motifs is 1. The van der Waals surface area contributed by atoms with Crippen molar-refractivity contribution in [2.45, 2.75) is 20.4 Å². The molecule has 3 heterocycles. The number of hydrogen-bond acceptors (Lipinski definition) is 6. The van der Waals surface area contributed by atoms with Crippen molar-refractivity contribution in [2.24, 2.45) is 7.05 Å². The first kappa shape index (κ1) is 21.2. The van der Waals surface area contributed by atoms with Crippen molar-refractivity contribution in [3.05, 3.63) is 45.3 Å². The molecule has 1 aliphatic rings. The minimum atomic E-state index is -0.0998. The van der Waals surface area contributed by atoms with Gasteiger partial charge in [0.25, 0.3) is 11.5 Å². The number of aromatic nitrogens is 4. The summed E-state index contributed by atoms with van der Waals surface area (Å²) in [6.07, 6.45) is 0. The third-order valence-corrected chi connectivity index (χ3v) is 5.82. The zero-order chi connectivity index (χ0) is 22.1. The van der Waals surface area contributed by atoms with Gasteiger partial charge in [-0.1, -0.05) is 23.7 Å². The van der Waals surface area contributed by atoms with Crippen LogP contribution in [-0.4, -0.2) is 62.9 Å². The van der Waals surface area contributed by atoms with E-state index in [1.165, 1.54) is 0 Å². The van der Waals surface area contributed by atoms with Gasteiger partial charge in [-0.3, -0.25) is 18.8 Å². The van der Waals surface area contributed by atoms with Gasteiger partial charge in [0.15, 0.2) is 12.1 Å². The van der Waals surface area contributed by atoms with Crippen LogP contribution in [0, 0.1) is 6.92 Å². The molecular weight excluding hydrogens is 420 g/mol. The summed E-state index contributed by atoms with van der Waals surface area (Å²) in [5, 5.41) is 4.82. The van der Waals surface area contributed by atoms with Crippen LogP contribution in [0.4, 0.5) is 5.95 Å². The van der Waals surface area contributed by atoms with Crippen molar-refractivity contribution in [3.8, 4) is 5.75 Å². The van der Waals surface area contributed by atoms with E-state index < -0.39 is 0 Å². The summed E-state index contributed by atoms with van der Waals surface area (Å²) < 4.78 is 8.83. The van der Waals surface area contributed by atoms with Gasteiger partial charge in [0, 0.05) is 39.8 Å². The topological polar surface area (TPSA) is 85.5 Å². The van der Waals surface area contributed by atoms with E-state index in [-0.39, 0.29) is 18.1 Å². The Kier molecular flexibility index (Phi) is 5.86. The molecule has 0 N–H and O–H groups in total. The number of amides is 1. The van der Waals surface area contributed by atoms with E-state index in [0.29, 0.717) is 60.5 Å². The highest BCUT2D eigenvalue weighted by Crippen LogP contribution is 2.23. The van der Waals surface area contributed by atoms with Gasteiger partial charge < -0.3 is 14.5 Å². The van der Waals surface area contributed by atoms with Crippen molar-refractivity contribution in [3.63, 3.8) is 0 Å². The average Bonchev–Trinajstić information content (AvgIpc) is 3.06. The van der Waals surface area contributed by atoms with Crippen LogP contribution in [0.2, 0.25) is 5.02 Å². The van der Waals surface area contributed by atoms with Crippen molar-refractivity contribution < 1.29 is 9.53 Å². The summed E-state index contributed by atoms with van der Waals surface area (Å²) in [6.45, 7) is 6.42. The van der Waals surface area contributed by atoms with E-state index >= 15 is 0 Å². The predicted octanol–water partition coefficient (Wildman–Crippen LogP) is 1.84. The van der Waals surface area contributed by atoms with Gasteiger partial charge in [-0.2, -0.15) is 5.10 Å². The SMILES string of the molecule is CCn1c(N2CCN(C(=O)COc3ccccc3Cl)CC2)nc2c(C)nn(C)c2c1=O. The molecule has 4 rings (SSSR count). The fourth-order valence-corrected chi connectivity index (χ4v) is 4.06. The third kappa shape index (κ3) is 3.97. The van der Waals surface area contributed by atoms with Crippen LogP contribution in [0.5, 0.6) is 5.75 Å². The molecule has 10 heteroatoms. The summed E-state index contributed by atoms with van der Waals surface area (Å²) in [7, 11) is 1.76. The standard InChI is InChI=1S/C21H25ClN6O3/c1-4-28-20(30)19-18(14(2)24-25(19)3)23-21(28)27-11-9-26(10-12-27)17(29)13-31-16-8-6-5-7-15(16)22/h5-8H,4,9-13H2,1-3H3. The van der Waals surface area contributed by atoms with Crippen LogP contribution < -0.4 is 15.2 Å². The van der Waals surface area contributed by atoms with Gasteiger partial charge in [-0.25, -0.2) is 4.98 Å². The lowest BCUT2D eigenvalue weighted by atomic mass is 10.3. The van der Waals surface area contributed by atoms with Gasteiger partial charge in [-0.15, -0.1) is 0 Å². The van der Waals surface area contributed by atoms with E-state index in [0.717, 1.165) is 5.69 Å². The molecule has 0 aliphatic carbocycles. The highest BCUT2D eigenvalue weighted by atomic mass is 35.5. The summed E-state index contributed by atoms with van der Waals surface area (Å²) in [6, 6.07) is 7.08. The van der Waals surface area contributed by atoms with Crippen LogP contribution in [-0.2, 0) is 18.4 Å². The molecule has 0 atom stereocenters. The number of nitrogens with zero attached hydrogens (tertiary/aromatic N) is 6. The summed E-state index contributed by atoms with van der Waals surface area (Å²) in [5.74, 6) is 1.02. The number of carbonyl (C=O) groups excluding carboxylic acids is 1. The highest BCUT2D eigenvalue weighted by molar-refractivity contribution is 6.32. The normalized spacial score (nSPS) is 14.3. The molecule has 1 aromatic carbocycles. The average molecular weight is 445 g/mol. The Balaban J connectivity index is 1.47. The number of aryl methyl sites for hydroxylation is 2. The molecule has 164 valence electrons. The Morgan fingerprint density at radius 3 is 2.58 bits per heavy atom. The van der Waals surface area contributed by atoms with Gasteiger partial charge in [-0.05, 0) is 26.0 Å². The maximum atomic E-state index is 13.0. The van der Waals surface area contributed by atoms with E-state index in [1.54, 1.807) is 33.3 Å². The van der Waals surface area contributed by atoms with Gasteiger partial charge in [0.1, 0.15) is 11.3 Å². The van der Waals surface area contributed by atoms with Crippen molar-refractivity contribution in [1.29, 1.82) is 0 Å².